The highest BCUT2D eigenvalue weighted by atomic mass is 16.5. The molecule has 1 saturated heterocycles. The molecule has 2 aromatic rings. The number of nitrogens with zero attached hydrogens (tertiary/aromatic N) is 2. The Morgan fingerprint density at radius 3 is 2.29 bits per heavy atom. The highest BCUT2D eigenvalue weighted by Gasteiger charge is 2.43. The molecule has 2 aromatic carbocycles. The summed E-state index contributed by atoms with van der Waals surface area (Å²) < 4.78 is 5.33. The van der Waals surface area contributed by atoms with Crippen LogP contribution in [0.3, 0.4) is 0 Å². The molecule has 0 spiro atoms. The average Bonchev–Trinajstić information content (AvgIpc) is 2.69. The first-order valence-corrected chi connectivity index (χ1v) is 10.2. The van der Waals surface area contributed by atoms with Gasteiger partial charge in [0.2, 0.25) is 0 Å². The number of piperidine rings is 1. The van der Waals surface area contributed by atoms with Gasteiger partial charge in [0.25, 0.3) is 0 Å². The Morgan fingerprint density at radius 1 is 1.04 bits per heavy atom. The molecular formula is C25H32N2O. The molecule has 0 radical (unpaired) electrons. The van der Waals surface area contributed by atoms with Crippen LogP contribution in [0.2, 0.25) is 0 Å². The lowest BCUT2D eigenvalue weighted by Gasteiger charge is -2.49. The Labute approximate surface area is 169 Å². The molecule has 0 N–H and O–H groups in total. The van der Waals surface area contributed by atoms with Crippen LogP contribution in [0.25, 0.3) is 11.1 Å². The van der Waals surface area contributed by atoms with Gasteiger partial charge >= 0.3 is 0 Å². The maximum Gasteiger partial charge on any atom is 0.119 e. The van der Waals surface area contributed by atoms with E-state index in [-0.39, 0.29) is 10.8 Å². The van der Waals surface area contributed by atoms with Crippen molar-refractivity contribution in [2.75, 3.05) is 20.2 Å². The van der Waals surface area contributed by atoms with Crippen molar-refractivity contribution in [2.45, 2.75) is 46.6 Å². The van der Waals surface area contributed by atoms with E-state index >= 15 is 0 Å². The Morgan fingerprint density at radius 2 is 1.71 bits per heavy atom. The minimum Gasteiger partial charge on any atom is -0.497 e. The third-order valence-electron chi connectivity index (χ3n) is 6.58. The second-order valence-corrected chi connectivity index (χ2v) is 9.07. The number of nitriles is 1. The number of rotatable bonds is 5. The molecule has 0 unspecified atom stereocenters. The molecule has 3 heteroatoms. The molecule has 0 amide bonds. The molecule has 0 atom stereocenters. The first-order valence-electron chi connectivity index (χ1n) is 10.2. The summed E-state index contributed by atoms with van der Waals surface area (Å²) in [7, 11) is 1.70. The van der Waals surface area contributed by atoms with Crippen LogP contribution < -0.4 is 4.74 Å². The number of ether oxygens (including phenoxy) is 1. The fourth-order valence-corrected chi connectivity index (χ4v) is 4.35. The molecule has 1 aliphatic heterocycles. The highest BCUT2D eigenvalue weighted by Crippen LogP contribution is 2.49. The van der Waals surface area contributed by atoms with Gasteiger partial charge in [0.15, 0.2) is 0 Å². The monoisotopic (exact) mass is 376 g/mol. The number of hydrogen-bond acceptors (Lipinski definition) is 3. The lowest BCUT2D eigenvalue weighted by Crippen LogP contribution is -2.46. The second kappa shape index (κ2) is 8.37. The van der Waals surface area contributed by atoms with E-state index < -0.39 is 0 Å². The maximum absolute atomic E-state index is 9.33. The standard InChI is InChI=1S/C25H32N2O/c1-24(2,3)25(12-15-26)13-16-27(17-14-25)19-20-8-10-21(11-9-20)22-6-5-7-23(18-22)28-4/h5-11,18H,12-14,16-17,19H2,1-4H3. The zero-order chi connectivity index (χ0) is 20.2. The molecule has 3 rings (SSSR count). The summed E-state index contributed by atoms with van der Waals surface area (Å²) in [5, 5.41) is 9.33. The molecule has 1 fully saturated rings. The van der Waals surface area contributed by atoms with Crippen molar-refractivity contribution in [2.24, 2.45) is 10.8 Å². The smallest absolute Gasteiger partial charge is 0.119 e. The summed E-state index contributed by atoms with van der Waals surface area (Å²) in [5.74, 6) is 0.884. The van der Waals surface area contributed by atoms with Crippen LogP contribution in [0, 0.1) is 22.2 Å². The van der Waals surface area contributed by atoms with Gasteiger partial charge in [0, 0.05) is 13.0 Å². The van der Waals surface area contributed by atoms with E-state index in [9.17, 15) is 5.26 Å². The third kappa shape index (κ3) is 4.39. The fourth-order valence-electron chi connectivity index (χ4n) is 4.35. The first kappa shape index (κ1) is 20.4. The van der Waals surface area contributed by atoms with Crippen LogP contribution in [0.5, 0.6) is 5.75 Å². The van der Waals surface area contributed by atoms with Crippen molar-refractivity contribution < 1.29 is 4.74 Å². The van der Waals surface area contributed by atoms with Gasteiger partial charge in [0.1, 0.15) is 5.75 Å². The summed E-state index contributed by atoms with van der Waals surface area (Å²) in [6, 6.07) is 19.5. The van der Waals surface area contributed by atoms with Crippen molar-refractivity contribution in [3.63, 3.8) is 0 Å². The number of hydrogen-bond donors (Lipinski definition) is 0. The van der Waals surface area contributed by atoms with Crippen molar-refractivity contribution in [1.29, 1.82) is 5.26 Å². The Bertz CT molecular complexity index is 819. The minimum atomic E-state index is 0.147. The molecule has 0 bridgehead atoms. The predicted octanol–water partition coefficient (Wildman–Crippen LogP) is 5.90. The van der Waals surface area contributed by atoms with Crippen molar-refractivity contribution in [1.82, 2.24) is 4.90 Å². The summed E-state index contributed by atoms with van der Waals surface area (Å²) >= 11 is 0. The van der Waals surface area contributed by atoms with Crippen LogP contribution >= 0.6 is 0 Å². The van der Waals surface area contributed by atoms with Crippen LogP contribution in [0.4, 0.5) is 0 Å². The largest absolute Gasteiger partial charge is 0.497 e. The zero-order valence-electron chi connectivity index (χ0n) is 17.7. The Hall–Kier alpha value is -2.31. The van der Waals surface area contributed by atoms with E-state index in [0.717, 1.165) is 38.2 Å². The Balaban J connectivity index is 1.63. The average molecular weight is 377 g/mol. The highest BCUT2D eigenvalue weighted by molar-refractivity contribution is 5.65. The fraction of sp³-hybridized carbons (Fsp3) is 0.480. The topological polar surface area (TPSA) is 36.3 Å². The van der Waals surface area contributed by atoms with E-state index in [4.69, 9.17) is 4.74 Å². The van der Waals surface area contributed by atoms with Gasteiger partial charge in [0.05, 0.1) is 13.2 Å². The van der Waals surface area contributed by atoms with Crippen LogP contribution in [0.15, 0.2) is 48.5 Å². The maximum atomic E-state index is 9.33. The third-order valence-corrected chi connectivity index (χ3v) is 6.58. The van der Waals surface area contributed by atoms with Crippen molar-refractivity contribution >= 4 is 0 Å². The first-order chi connectivity index (χ1) is 13.4. The molecule has 0 aromatic heterocycles. The minimum absolute atomic E-state index is 0.147. The van der Waals surface area contributed by atoms with Crippen LogP contribution in [-0.2, 0) is 6.54 Å². The lowest BCUT2D eigenvalue weighted by molar-refractivity contribution is 0.00711. The molecule has 0 saturated carbocycles. The van der Waals surface area contributed by atoms with E-state index in [2.05, 4.69) is 68.1 Å². The molecule has 148 valence electrons. The zero-order valence-corrected chi connectivity index (χ0v) is 17.7. The molecule has 28 heavy (non-hydrogen) atoms. The number of likely N-dealkylation sites (tertiary alicyclic amines) is 1. The molecule has 0 aliphatic carbocycles. The van der Waals surface area contributed by atoms with E-state index in [1.165, 1.54) is 16.7 Å². The van der Waals surface area contributed by atoms with Crippen LogP contribution in [0.1, 0.15) is 45.6 Å². The second-order valence-electron chi connectivity index (χ2n) is 9.07. The normalized spacial score (nSPS) is 17.1. The lowest BCUT2D eigenvalue weighted by atomic mass is 9.60. The summed E-state index contributed by atoms with van der Waals surface area (Å²) in [5.41, 5.74) is 4.05. The quantitative estimate of drug-likeness (QED) is 0.651. The number of benzene rings is 2. The van der Waals surface area contributed by atoms with E-state index in [1.54, 1.807) is 7.11 Å². The summed E-state index contributed by atoms with van der Waals surface area (Å²) in [6.45, 7) is 9.98. The molecule has 1 aliphatic rings. The number of methoxy groups -OCH3 is 1. The van der Waals surface area contributed by atoms with E-state index in [0.29, 0.717) is 6.42 Å². The van der Waals surface area contributed by atoms with Gasteiger partial charge in [-0.25, -0.2) is 0 Å². The van der Waals surface area contributed by atoms with Gasteiger partial charge in [-0.3, -0.25) is 4.90 Å². The van der Waals surface area contributed by atoms with Crippen molar-refractivity contribution in [3.8, 4) is 22.9 Å². The van der Waals surface area contributed by atoms with Gasteiger partial charge < -0.3 is 4.74 Å². The summed E-state index contributed by atoms with van der Waals surface area (Å²) in [6.07, 6.45) is 2.87. The SMILES string of the molecule is COc1cccc(-c2ccc(CN3CCC(CC#N)(C(C)(C)C)CC3)cc2)c1. The van der Waals surface area contributed by atoms with Gasteiger partial charge in [-0.1, -0.05) is 57.2 Å². The van der Waals surface area contributed by atoms with Crippen LogP contribution in [-0.4, -0.2) is 25.1 Å². The van der Waals surface area contributed by atoms with E-state index in [1.807, 2.05) is 12.1 Å². The van der Waals surface area contributed by atoms with Gasteiger partial charge in [-0.2, -0.15) is 5.26 Å². The van der Waals surface area contributed by atoms with Gasteiger partial charge in [-0.15, -0.1) is 0 Å². The van der Waals surface area contributed by atoms with Crippen molar-refractivity contribution in [3.05, 3.63) is 54.1 Å². The van der Waals surface area contributed by atoms with Gasteiger partial charge in [-0.05, 0) is 65.6 Å². The Kier molecular flexibility index (Phi) is 6.10. The summed E-state index contributed by atoms with van der Waals surface area (Å²) in [4.78, 5) is 2.53. The molecular weight excluding hydrogens is 344 g/mol. The molecule has 3 nitrogen and oxygen atoms in total. The predicted molar refractivity (Wildman–Crippen MR) is 115 cm³/mol. The molecule has 1 heterocycles.